The molecule has 0 atom stereocenters. The van der Waals surface area contributed by atoms with E-state index in [1.807, 2.05) is 41.2 Å². The van der Waals surface area contributed by atoms with Crippen molar-refractivity contribution in [3.05, 3.63) is 53.3 Å². The monoisotopic (exact) mass is 263 g/mol. The molecule has 94 valence electrons. The van der Waals surface area contributed by atoms with Gasteiger partial charge in [0.05, 0.1) is 12.3 Å². The highest BCUT2D eigenvalue weighted by Gasteiger charge is 2.05. The predicted octanol–water partition coefficient (Wildman–Crippen LogP) is 2.63. The SMILES string of the molecule is COCN=C(Cn1cccn1)c1ccc(Cl)cc1. The number of benzene rings is 1. The summed E-state index contributed by atoms with van der Waals surface area (Å²) in [4.78, 5) is 4.41. The third kappa shape index (κ3) is 3.42. The third-order valence-corrected chi connectivity index (χ3v) is 2.68. The number of methoxy groups -OCH3 is 1. The molecule has 0 radical (unpaired) electrons. The van der Waals surface area contributed by atoms with Gasteiger partial charge in [-0.3, -0.25) is 9.67 Å². The maximum atomic E-state index is 5.88. The fraction of sp³-hybridized carbons (Fsp3) is 0.231. The van der Waals surface area contributed by atoms with Gasteiger partial charge in [0.25, 0.3) is 0 Å². The number of ether oxygens (including phenoxy) is 1. The topological polar surface area (TPSA) is 39.4 Å². The molecule has 0 N–H and O–H groups in total. The van der Waals surface area contributed by atoms with Crippen molar-refractivity contribution in [2.45, 2.75) is 6.54 Å². The van der Waals surface area contributed by atoms with E-state index >= 15 is 0 Å². The number of halogens is 1. The second-order valence-electron chi connectivity index (χ2n) is 3.73. The molecular formula is C13H14ClN3O. The van der Waals surface area contributed by atoms with Crippen LogP contribution in [0.25, 0.3) is 0 Å². The minimum Gasteiger partial charge on any atom is -0.363 e. The Balaban J connectivity index is 2.22. The molecule has 2 aromatic rings. The molecule has 0 fully saturated rings. The van der Waals surface area contributed by atoms with Crippen molar-refractivity contribution in [3.63, 3.8) is 0 Å². The Hall–Kier alpha value is -1.65. The smallest absolute Gasteiger partial charge is 0.137 e. The van der Waals surface area contributed by atoms with Gasteiger partial charge >= 0.3 is 0 Å². The van der Waals surface area contributed by atoms with E-state index in [-0.39, 0.29) is 0 Å². The fourth-order valence-corrected chi connectivity index (χ4v) is 1.69. The lowest BCUT2D eigenvalue weighted by Crippen LogP contribution is -2.13. The summed E-state index contributed by atoms with van der Waals surface area (Å²) in [7, 11) is 1.62. The molecule has 0 saturated carbocycles. The van der Waals surface area contributed by atoms with Crippen LogP contribution in [0.1, 0.15) is 5.56 Å². The molecular weight excluding hydrogens is 250 g/mol. The Morgan fingerprint density at radius 2 is 2.17 bits per heavy atom. The molecule has 5 heteroatoms. The van der Waals surface area contributed by atoms with Gasteiger partial charge in [0.2, 0.25) is 0 Å². The zero-order chi connectivity index (χ0) is 12.8. The van der Waals surface area contributed by atoms with Gasteiger partial charge in [-0.1, -0.05) is 23.7 Å². The molecule has 0 spiro atoms. The molecule has 0 aliphatic rings. The van der Waals surface area contributed by atoms with E-state index in [0.29, 0.717) is 18.3 Å². The maximum absolute atomic E-state index is 5.88. The number of hydrogen-bond acceptors (Lipinski definition) is 3. The van der Waals surface area contributed by atoms with Gasteiger partial charge in [0.15, 0.2) is 0 Å². The maximum Gasteiger partial charge on any atom is 0.137 e. The van der Waals surface area contributed by atoms with E-state index in [2.05, 4.69) is 10.1 Å². The lowest BCUT2D eigenvalue weighted by Gasteiger charge is -2.07. The molecule has 0 aliphatic heterocycles. The summed E-state index contributed by atoms with van der Waals surface area (Å²) in [5, 5.41) is 4.89. The first-order valence-corrected chi connectivity index (χ1v) is 5.93. The second kappa shape index (κ2) is 6.33. The highest BCUT2D eigenvalue weighted by atomic mass is 35.5. The lowest BCUT2D eigenvalue weighted by atomic mass is 10.1. The van der Waals surface area contributed by atoms with E-state index in [4.69, 9.17) is 16.3 Å². The number of nitrogens with zero attached hydrogens (tertiary/aromatic N) is 3. The largest absolute Gasteiger partial charge is 0.363 e. The van der Waals surface area contributed by atoms with E-state index in [0.717, 1.165) is 11.3 Å². The zero-order valence-electron chi connectivity index (χ0n) is 10.1. The molecule has 1 heterocycles. The highest BCUT2D eigenvalue weighted by Crippen LogP contribution is 2.11. The molecule has 1 aromatic carbocycles. The third-order valence-electron chi connectivity index (χ3n) is 2.43. The Morgan fingerprint density at radius 1 is 1.39 bits per heavy atom. The summed E-state index contributed by atoms with van der Waals surface area (Å²) >= 11 is 5.88. The van der Waals surface area contributed by atoms with Crippen LogP contribution in [0.3, 0.4) is 0 Å². The normalized spacial score (nSPS) is 11.8. The van der Waals surface area contributed by atoms with E-state index in [1.54, 1.807) is 13.3 Å². The summed E-state index contributed by atoms with van der Waals surface area (Å²) in [6.45, 7) is 0.942. The quantitative estimate of drug-likeness (QED) is 0.778. The molecule has 0 bridgehead atoms. The minimum absolute atomic E-state index is 0.333. The Labute approximate surface area is 111 Å². The average molecular weight is 264 g/mol. The molecule has 0 aliphatic carbocycles. The Bertz CT molecular complexity index is 506. The van der Waals surface area contributed by atoms with Gasteiger partial charge in [-0.15, -0.1) is 0 Å². The summed E-state index contributed by atoms with van der Waals surface area (Å²) in [6.07, 6.45) is 3.65. The minimum atomic E-state index is 0.333. The molecule has 2 rings (SSSR count). The lowest BCUT2D eigenvalue weighted by molar-refractivity contribution is 0.209. The van der Waals surface area contributed by atoms with Crippen LogP contribution in [-0.2, 0) is 11.3 Å². The molecule has 0 unspecified atom stereocenters. The van der Waals surface area contributed by atoms with Crippen LogP contribution in [0.2, 0.25) is 5.02 Å². The summed E-state index contributed by atoms with van der Waals surface area (Å²) in [5.41, 5.74) is 1.93. The zero-order valence-corrected chi connectivity index (χ0v) is 10.8. The van der Waals surface area contributed by atoms with Crippen LogP contribution >= 0.6 is 11.6 Å². The van der Waals surface area contributed by atoms with Crippen molar-refractivity contribution in [1.29, 1.82) is 0 Å². The molecule has 18 heavy (non-hydrogen) atoms. The summed E-state index contributed by atoms with van der Waals surface area (Å²) in [6, 6.07) is 9.47. The van der Waals surface area contributed by atoms with Crippen molar-refractivity contribution in [1.82, 2.24) is 9.78 Å². The van der Waals surface area contributed by atoms with Crippen LogP contribution in [-0.4, -0.2) is 29.3 Å². The van der Waals surface area contributed by atoms with Crippen molar-refractivity contribution in [2.75, 3.05) is 13.8 Å². The van der Waals surface area contributed by atoms with Gasteiger partial charge < -0.3 is 4.74 Å². The van der Waals surface area contributed by atoms with Gasteiger partial charge in [0.1, 0.15) is 6.73 Å². The van der Waals surface area contributed by atoms with E-state index in [9.17, 15) is 0 Å². The van der Waals surface area contributed by atoms with Crippen LogP contribution in [0.15, 0.2) is 47.7 Å². The molecule has 4 nitrogen and oxygen atoms in total. The highest BCUT2D eigenvalue weighted by molar-refractivity contribution is 6.30. The van der Waals surface area contributed by atoms with Crippen LogP contribution in [0.4, 0.5) is 0 Å². The number of rotatable bonds is 5. The van der Waals surface area contributed by atoms with E-state index in [1.165, 1.54) is 0 Å². The average Bonchev–Trinajstić information content (AvgIpc) is 2.88. The number of aliphatic imine (C=N–C) groups is 1. The molecule has 0 saturated heterocycles. The molecule has 0 amide bonds. The van der Waals surface area contributed by atoms with Gasteiger partial charge in [-0.25, -0.2) is 0 Å². The van der Waals surface area contributed by atoms with Crippen LogP contribution in [0.5, 0.6) is 0 Å². The van der Waals surface area contributed by atoms with Gasteiger partial charge in [0, 0.05) is 24.5 Å². The standard InChI is InChI=1S/C13H14ClN3O/c1-18-10-15-13(9-17-8-2-7-16-17)11-3-5-12(14)6-4-11/h2-8H,9-10H2,1H3. The first kappa shape index (κ1) is 12.8. The van der Waals surface area contributed by atoms with E-state index < -0.39 is 0 Å². The number of hydrogen-bond donors (Lipinski definition) is 0. The first-order chi connectivity index (χ1) is 8.79. The number of aromatic nitrogens is 2. The molecule has 1 aromatic heterocycles. The fourth-order valence-electron chi connectivity index (χ4n) is 1.56. The van der Waals surface area contributed by atoms with Crippen molar-refractivity contribution in [3.8, 4) is 0 Å². The second-order valence-corrected chi connectivity index (χ2v) is 4.17. The van der Waals surface area contributed by atoms with Crippen molar-refractivity contribution in [2.24, 2.45) is 4.99 Å². The Morgan fingerprint density at radius 3 is 2.78 bits per heavy atom. The summed E-state index contributed by atoms with van der Waals surface area (Å²) < 4.78 is 6.82. The first-order valence-electron chi connectivity index (χ1n) is 5.55. The van der Waals surface area contributed by atoms with Gasteiger partial charge in [-0.05, 0) is 23.8 Å². The van der Waals surface area contributed by atoms with Crippen molar-refractivity contribution < 1.29 is 4.74 Å². The van der Waals surface area contributed by atoms with Crippen LogP contribution in [0, 0.1) is 0 Å². The summed E-state index contributed by atoms with van der Waals surface area (Å²) in [5.74, 6) is 0. The predicted molar refractivity (Wildman–Crippen MR) is 72.1 cm³/mol. The van der Waals surface area contributed by atoms with Crippen LogP contribution < -0.4 is 0 Å². The Kier molecular flexibility index (Phi) is 4.50. The van der Waals surface area contributed by atoms with Gasteiger partial charge in [-0.2, -0.15) is 5.10 Å². The van der Waals surface area contributed by atoms with Crippen molar-refractivity contribution >= 4 is 17.3 Å².